The number of hydrazone groups is 1. The van der Waals surface area contributed by atoms with E-state index in [9.17, 15) is 4.79 Å². The zero-order valence-corrected chi connectivity index (χ0v) is 12.2. The SMILES string of the molecule is C/C(CC(=O)OC(C)(C)C)=N/Nc1ccc(Cl)nn1. The van der Waals surface area contributed by atoms with Crippen molar-refractivity contribution in [3.8, 4) is 0 Å². The summed E-state index contributed by atoms with van der Waals surface area (Å²) < 4.78 is 5.18. The summed E-state index contributed by atoms with van der Waals surface area (Å²) in [4.78, 5) is 11.5. The van der Waals surface area contributed by atoms with Gasteiger partial charge in [-0.05, 0) is 39.8 Å². The number of aromatic nitrogens is 2. The predicted molar refractivity (Wildman–Crippen MR) is 74.2 cm³/mol. The maximum Gasteiger partial charge on any atom is 0.312 e. The first-order chi connectivity index (χ1) is 8.76. The third-order valence-electron chi connectivity index (χ3n) is 1.81. The molecule has 7 heteroatoms. The van der Waals surface area contributed by atoms with Gasteiger partial charge in [0.25, 0.3) is 0 Å². The summed E-state index contributed by atoms with van der Waals surface area (Å²) in [5.74, 6) is 0.130. The molecule has 1 rings (SSSR count). The topological polar surface area (TPSA) is 76.5 Å². The third kappa shape index (κ3) is 6.71. The molecule has 0 atom stereocenters. The molecule has 0 aliphatic carbocycles. The third-order valence-corrected chi connectivity index (χ3v) is 2.02. The lowest BCUT2D eigenvalue weighted by atomic mass is 10.2. The molecular weight excluding hydrogens is 268 g/mol. The van der Waals surface area contributed by atoms with Crippen molar-refractivity contribution < 1.29 is 9.53 Å². The number of carbonyl (C=O) groups excluding carboxylic acids is 1. The molecule has 1 N–H and O–H groups in total. The van der Waals surface area contributed by atoms with Crippen molar-refractivity contribution in [1.82, 2.24) is 10.2 Å². The number of hydrogen-bond donors (Lipinski definition) is 1. The van der Waals surface area contributed by atoms with E-state index in [0.717, 1.165) is 0 Å². The van der Waals surface area contributed by atoms with Gasteiger partial charge >= 0.3 is 5.97 Å². The summed E-state index contributed by atoms with van der Waals surface area (Å²) in [5.41, 5.74) is 2.78. The van der Waals surface area contributed by atoms with Gasteiger partial charge in [-0.2, -0.15) is 5.10 Å². The van der Waals surface area contributed by atoms with Gasteiger partial charge in [-0.1, -0.05) is 11.6 Å². The summed E-state index contributed by atoms with van der Waals surface area (Å²) in [5, 5.41) is 11.8. The van der Waals surface area contributed by atoms with Crippen LogP contribution in [-0.2, 0) is 9.53 Å². The zero-order valence-electron chi connectivity index (χ0n) is 11.4. The standard InChI is InChI=1S/C12H17ClN4O2/c1-8(7-11(18)19-12(2,3)4)14-16-10-6-5-9(13)15-17-10/h5-6H,7H2,1-4H3,(H,16,17)/b14-8-. The molecule has 104 valence electrons. The Morgan fingerprint density at radius 2 is 2.11 bits per heavy atom. The number of hydrogen-bond acceptors (Lipinski definition) is 6. The van der Waals surface area contributed by atoms with E-state index in [2.05, 4.69) is 20.7 Å². The van der Waals surface area contributed by atoms with Gasteiger partial charge in [0.2, 0.25) is 0 Å². The van der Waals surface area contributed by atoms with Crippen LogP contribution in [-0.4, -0.2) is 27.5 Å². The smallest absolute Gasteiger partial charge is 0.312 e. The van der Waals surface area contributed by atoms with Gasteiger partial charge < -0.3 is 4.74 Å². The fourth-order valence-corrected chi connectivity index (χ4v) is 1.26. The molecule has 1 aromatic rings. The van der Waals surface area contributed by atoms with E-state index >= 15 is 0 Å². The summed E-state index contributed by atoms with van der Waals surface area (Å²) in [6.45, 7) is 7.18. The van der Waals surface area contributed by atoms with Gasteiger partial charge in [-0.25, -0.2) is 0 Å². The second-order valence-electron chi connectivity index (χ2n) is 4.96. The molecule has 0 saturated carbocycles. The van der Waals surface area contributed by atoms with E-state index in [1.807, 2.05) is 20.8 Å². The van der Waals surface area contributed by atoms with Crippen molar-refractivity contribution >= 4 is 29.1 Å². The number of nitrogens with one attached hydrogen (secondary N) is 1. The molecule has 0 amide bonds. The molecule has 1 heterocycles. The Bertz CT molecular complexity index is 466. The maximum absolute atomic E-state index is 11.5. The van der Waals surface area contributed by atoms with E-state index in [4.69, 9.17) is 16.3 Å². The monoisotopic (exact) mass is 284 g/mol. The Kier molecular flexibility index (Phi) is 5.23. The van der Waals surface area contributed by atoms with Crippen molar-refractivity contribution in [3.05, 3.63) is 17.3 Å². The summed E-state index contributed by atoms with van der Waals surface area (Å²) in [6, 6.07) is 3.23. The van der Waals surface area contributed by atoms with Crippen LogP contribution in [0.1, 0.15) is 34.1 Å². The summed E-state index contributed by atoms with van der Waals surface area (Å²) in [7, 11) is 0. The van der Waals surface area contributed by atoms with Crippen LogP contribution in [0.2, 0.25) is 5.15 Å². The zero-order chi connectivity index (χ0) is 14.5. The number of carbonyl (C=O) groups is 1. The number of ether oxygens (including phenoxy) is 1. The molecule has 0 aliphatic heterocycles. The van der Waals surface area contributed by atoms with Gasteiger partial charge in [0, 0.05) is 5.71 Å². The first kappa shape index (κ1) is 15.4. The maximum atomic E-state index is 11.5. The van der Waals surface area contributed by atoms with Crippen LogP contribution >= 0.6 is 11.6 Å². The lowest BCUT2D eigenvalue weighted by molar-refractivity contribution is -0.153. The molecule has 0 radical (unpaired) electrons. The number of halogens is 1. The molecule has 19 heavy (non-hydrogen) atoms. The molecular formula is C12H17ClN4O2. The van der Waals surface area contributed by atoms with Crippen molar-refractivity contribution in [1.29, 1.82) is 0 Å². The van der Waals surface area contributed by atoms with E-state index in [-0.39, 0.29) is 12.4 Å². The number of anilines is 1. The molecule has 0 aliphatic rings. The van der Waals surface area contributed by atoms with Gasteiger partial charge in [0.1, 0.15) is 5.60 Å². The van der Waals surface area contributed by atoms with Crippen LogP contribution in [0, 0.1) is 0 Å². The van der Waals surface area contributed by atoms with Crippen molar-refractivity contribution in [3.63, 3.8) is 0 Å². The average Bonchev–Trinajstić information content (AvgIpc) is 2.25. The first-order valence-electron chi connectivity index (χ1n) is 5.76. The van der Waals surface area contributed by atoms with Gasteiger partial charge in [0.05, 0.1) is 6.42 Å². The van der Waals surface area contributed by atoms with Crippen molar-refractivity contribution in [2.45, 2.75) is 39.7 Å². The lowest BCUT2D eigenvalue weighted by Crippen LogP contribution is -2.25. The van der Waals surface area contributed by atoms with Crippen LogP contribution in [0.4, 0.5) is 5.82 Å². The normalized spacial score (nSPS) is 12.2. The second kappa shape index (κ2) is 6.47. The molecule has 0 spiro atoms. The Labute approximate surface area is 117 Å². The Balaban J connectivity index is 2.49. The average molecular weight is 285 g/mol. The molecule has 0 unspecified atom stereocenters. The molecule has 1 aromatic heterocycles. The molecule has 6 nitrogen and oxygen atoms in total. The number of esters is 1. The quantitative estimate of drug-likeness (QED) is 0.522. The highest BCUT2D eigenvalue weighted by atomic mass is 35.5. The minimum absolute atomic E-state index is 0.116. The molecule has 0 bridgehead atoms. The van der Waals surface area contributed by atoms with Gasteiger partial charge in [-0.15, -0.1) is 10.2 Å². The highest BCUT2D eigenvalue weighted by Crippen LogP contribution is 2.09. The number of rotatable bonds is 4. The lowest BCUT2D eigenvalue weighted by Gasteiger charge is -2.19. The van der Waals surface area contributed by atoms with Crippen molar-refractivity contribution in [2.75, 3.05) is 5.43 Å². The largest absolute Gasteiger partial charge is 0.460 e. The van der Waals surface area contributed by atoms with E-state index in [1.165, 1.54) is 0 Å². The van der Waals surface area contributed by atoms with E-state index in [1.54, 1.807) is 19.1 Å². The van der Waals surface area contributed by atoms with E-state index < -0.39 is 5.60 Å². The van der Waals surface area contributed by atoms with Gasteiger partial charge in [0.15, 0.2) is 11.0 Å². The van der Waals surface area contributed by atoms with Crippen molar-refractivity contribution in [2.24, 2.45) is 5.10 Å². The summed E-state index contributed by atoms with van der Waals surface area (Å²) >= 11 is 5.61. The Hall–Kier alpha value is -1.69. The number of nitrogens with zero attached hydrogens (tertiary/aromatic N) is 3. The molecule has 0 aromatic carbocycles. The van der Waals surface area contributed by atoms with E-state index in [0.29, 0.717) is 16.7 Å². The first-order valence-corrected chi connectivity index (χ1v) is 6.14. The summed E-state index contributed by atoms with van der Waals surface area (Å²) in [6.07, 6.45) is 0.116. The fraction of sp³-hybridized carbons (Fsp3) is 0.500. The van der Waals surface area contributed by atoms with Gasteiger partial charge in [-0.3, -0.25) is 10.2 Å². The van der Waals surface area contributed by atoms with Crippen LogP contribution in [0.3, 0.4) is 0 Å². The second-order valence-corrected chi connectivity index (χ2v) is 5.35. The minimum Gasteiger partial charge on any atom is -0.460 e. The minimum atomic E-state index is -0.494. The highest BCUT2D eigenvalue weighted by Gasteiger charge is 2.16. The highest BCUT2D eigenvalue weighted by molar-refractivity contribution is 6.29. The predicted octanol–water partition coefficient (Wildman–Crippen LogP) is 2.65. The molecule has 0 saturated heterocycles. The molecule has 0 fully saturated rings. The van der Waals surface area contributed by atoms with Crippen LogP contribution in [0.5, 0.6) is 0 Å². The van der Waals surface area contributed by atoms with Crippen LogP contribution in [0.25, 0.3) is 0 Å². The Morgan fingerprint density at radius 1 is 1.42 bits per heavy atom. The van der Waals surface area contributed by atoms with Crippen LogP contribution < -0.4 is 5.43 Å². The Morgan fingerprint density at radius 3 is 2.63 bits per heavy atom. The van der Waals surface area contributed by atoms with Crippen LogP contribution in [0.15, 0.2) is 17.2 Å². The fourth-order valence-electron chi connectivity index (χ4n) is 1.15.